The minimum atomic E-state index is -0.443. The summed E-state index contributed by atoms with van der Waals surface area (Å²) in [7, 11) is 0. The van der Waals surface area contributed by atoms with Crippen molar-refractivity contribution in [1.82, 2.24) is 10.2 Å². The predicted molar refractivity (Wildman–Crippen MR) is 88.8 cm³/mol. The minimum absolute atomic E-state index is 0.141. The van der Waals surface area contributed by atoms with Crippen molar-refractivity contribution in [2.45, 2.75) is 65.1 Å². The van der Waals surface area contributed by atoms with Crippen LogP contribution in [-0.4, -0.2) is 60.9 Å². The summed E-state index contributed by atoms with van der Waals surface area (Å²) in [5, 5.41) is 13.0. The number of likely N-dealkylation sites (tertiary alicyclic amines) is 1. The molecule has 1 saturated heterocycles. The van der Waals surface area contributed by atoms with Crippen molar-refractivity contribution in [3.63, 3.8) is 0 Å². The van der Waals surface area contributed by atoms with Crippen LogP contribution in [-0.2, 0) is 9.53 Å². The molecule has 0 bridgehead atoms. The third-order valence-electron chi connectivity index (χ3n) is 4.13. The molecule has 0 aromatic heterocycles. The van der Waals surface area contributed by atoms with Crippen LogP contribution in [0.15, 0.2) is 0 Å². The molecule has 1 fully saturated rings. The van der Waals surface area contributed by atoms with Crippen LogP contribution in [0.4, 0.5) is 0 Å². The molecular formula is C17H34N2O3. The van der Waals surface area contributed by atoms with E-state index in [1.54, 1.807) is 0 Å². The number of amides is 1. The van der Waals surface area contributed by atoms with Crippen LogP contribution in [0.5, 0.6) is 0 Å². The smallest absolute Gasteiger partial charge is 0.223 e. The summed E-state index contributed by atoms with van der Waals surface area (Å²) < 4.78 is 5.43. The van der Waals surface area contributed by atoms with Crippen molar-refractivity contribution in [1.29, 1.82) is 0 Å². The number of piperidine rings is 1. The number of nitrogens with zero attached hydrogens (tertiary/aromatic N) is 1. The number of ether oxygens (including phenoxy) is 1. The van der Waals surface area contributed by atoms with Crippen molar-refractivity contribution in [3.05, 3.63) is 0 Å². The standard InChI is InChI=1S/C17H34N2O3/c1-4-5-6-9-18-17(21)15-7-10-19(11-8-15)12-16(20)13-22-14(2)3/h14-16,20H,4-13H2,1-3H3,(H,18,21). The lowest BCUT2D eigenvalue weighted by Gasteiger charge is -2.32. The topological polar surface area (TPSA) is 61.8 Å². The van der Waals surface area contributed by atoms with Crippen LogP contribution in [0.1, 0.15) is 52.9 Å². The lowest BCUT2D eigenvalue weighted by Crippen LogP contribution is -2.44. The molecule has 1 rings (SSSR count). The largest absolute Gasteiger partial charge is 0.389 e. The Morgan fingerprint density at radius 1 is 1.32 bits per heavy atom. The first-order valence-corrected chi connectivity index (χ1v) is 8.82. The minimum Gasteiger partial charge on any atom is -0.389 e. The van der Waals surface area contributed by atoms with E-state index in [0.29, 0.717) is 13.2 Å². The first kappa shape index (κ1) is 19.4. The molecule has 1 atom stereocenters. The van der Waals surface area contributed by atoms with Gasteiger partial charge in [-0.15, -0.1) is 0 Å². The van der Waals surface area contributed by atoms with E-state index in [1.807, 2.05) is 13.8 Å². The Bertz CT molecular complexity index is 302. The lowest BCUT2D eigenvalue weighted by atomic mass is 9.95. The number of carbonyl (C=O) groups is 1. The maximum Gasteiger partial charge on any atom is 0.223 e. The Labute approximate surface area is 135 Å². The number of hydrogen-bond acceptors (Lipinski definition) is 4. The zero-order chi connectivity index (χ0) is 16.4. The first-order valence-electron chi connectivity index (χ1n) is 8.82. The molecule has 0 radical (unpaired) electrons. The highest BCUT2D eigenvalue weighted by atomic mass is 16.5. The quantitative estimate of drug-likeness (QED) is 0.604. The van der Waals surface area contributed by atoms with E-state index < -0.39 is 6.10 Å². The highest BCUT2D eigenvalue weighted by Crippen LogP contribution is 2.17. The van der Waals surface area contributed by atoms with Gasteiger partial charge < -0.3 is 20.1 Å². The molecule has 0 aromatic carbocycles. The third-order valence-corrected chi connectivity index (χ3v) is 4.13. The summed E-state index contributed by atoms with van der Waals surface area (Å²) >= 11 is 0. The van der Waals surface area contributed by atoms with E-state index in [-0.39, 0.29) is 17.9 Å². The van der Waals surface area contributed by atoms with Crippen LogP contribution in [0.3, 0.4) is 0 Å². The Kier molecular flexibility index (Phi) is 9.68. The molecule has 1 heterocycles. The number of β-amino-alcohol motifs (C(OH)–C–C–N with tert-alkyl or cyclic N) is 1. The van der Waals surface area contributed by atoms with E-state index in [1.165, 1.54) is 12.8 Å². The number of aliphatic hydroxyl groups excluding tert-OH is 1. The van der Waals surface area contributed by atoms with Gasteiger partial charge >= 0.3 is 0 Å². The van der Waals surface area contributed by atoms with Gasteiger partial charge in [0.15, 0.2) is 0 Å². The normalized spacial score (nSPS) is 18.6. The second kappa shape index (κ2) is 11.0. The molecule has 0 saturated carbocycles. The van der Waals surface area contributed by atoms with Gasteiger partial charge in [-0.2, -0.15) is 0 Å². The van der Waals surface area contributed by atoms with E-state index in [2.05, 4.69) is 17.1 Å². The molecule has 1 aliphatic heterocycles. The van der Waals surface area contributed by atoms with E-state index >= 15 is 0 Å². The first-order chi connectivity index (χ1) is 10.5. The average molecular weight is 314 g/mol. The number of unbranched alkanes of at least 4 members (excludes halogenated alkanes) is 2. The van der Waals surface area contributed by atoms with Crippen molar-refractivity contribution in [3.8, 4) is 0 Å². The lowest BCUT2D eigenvalue weighted by molar-refractivity contribution is -0.126. The Balaban J connectivity index is 2.15. The zero-order valence-corrected chi connectivity index (χ0v) is 14.5. The molecule has 0 aliphatic carbocycles. The maximum absolute atomic E-state index is 12.1. The van der Waals surface area contributed by atoms with Gasteiger partial charge in [-0.3, -0.25) is 4.79 Å². The second-order valence-corrected chi connectivity index (χ2v) is 6.61. The molecule has 0 spiro atoms. The van der Waals surface area contributed by atoms with Crippen molar-refractivity contribution in [2.24, 2.45) is 5.92 Å². The third kappa shape index (κ3) is 8.11. The van der Waals surface area contributed by atoms with Crippen LogP contribution in [0.2, 0.25) is 0 Å². The van der Waals surface area contributed by atoms with Crippen LogP contribution < -0.4 is 5.32 Å². The zero-order valence-electron chi connectivity index (χ0n) is 14.5. The summed E-state index contributed by atoms with van der Waals surface area (Å²) in [4.78, 5) is 14.3. The molecule has 5 heteroatoms. The number of rotatable bonds is 10. The van der Waals surface area contributed by atoms with Gasteiger partial charge in [0.05, 0.1) is 18.8 Å². The predicted octanol–water partition coefficient (Wildman–Crippen LogP) is 1.79. The molecule has 130 valence electrons. The number of hydrogen-bond donors (Lipinski definition) is 2. The van der Waals surface area contributed by atoms with Gasteiger partial charge in [-0.1, -0.05) is 19.8 Å². The monoisotopic (exact) mass is 314 g/mol. The molecular weight excluding hydrogens is 280 g/mol. The van der Waals surface area contributed by atoms with Gasteiger partial charge in [-0.25, -0.2) is 0 Å². The fourth-order valence-electron chi connectivity index (χ4n) is 2.76. The molecule has 5 nitrogen and oxygen atoms in total. The van der Waals surface area contributed by atoms with Gasteiger partial charge in [0, 0.05) is 19.0 Å². The Hall–Kier alpha value is -0.650. The highest BCUT2D eigenvalue weighted by Gasteiger charge is 2.25. The summed E-state index contributed by atoms with van der Waals surface area (Å²) in [6, 6.07) is 0. The van der Waals surface area contributed by atoms with Gasteiger partial charge in [0.2, 0.25) is 5.91 Å². The average Bonchev–Trinajstić information content (AvgIpc) is 2.50. The van der Waals surface area contributed by atoms with Gasteiger partial charge in [0.1, 0.15) is 0 Å². The SMILES string of the molecule is CCCCCNC(=O)C1CCN(CC(O)COC(C)C)CC1. The van der Waals surface area contributed by atoms with E-state index in [9.17, 15) is 9.90 Å². The van der Waals surface area contributed by atoms with Crippen molar-refractivity contribution in [2.75, 3.05) is 32.8 Å². The molecule has 1 unspecified atom stereocenters. The van der Waals surface area contributed by atoms with E-state index in [4.69, 9.17) is 4.74 Å². The number of aliphatic hydroxyl groups is 1. The maximum atomic E-state index is 12.1. The fraction of sp³-hybridized carbons (Fsp3) is 0.941. The summed E-state index contributed by atoms with van der Waals surface area (Å²) in [5.74, 6) is 0.348. The molecule has 1 aliphatic rings. The molecule has 2 N–H and O–H groups in total. The molecule has 0 aromatic rings. The summed E-state index contributed by atoms with van der Waals surface area (Å²) in [5.41, 5.74) is 0. The van der Waals surface area contributed by atoms with Crippen LogP contribution in [0, 0.1) is 5.92 Å². The van der Waals surface area contributed by atoms with Crippen LogP contribution >= 0.6 is 0 Å². The molecule has 22 heavy (non-hydrogen) atoms. The van der Waals surface area contributed by atoms with E-state index in [0.717, 1.165) is 38.9 Å². The molecule has 1 amide bonds. The van der Waals surface area contributed by atoms with Gasteiger partial charge in [0.25, 0.3) is 0 Å². The number of nitrogens with one attached hydrogen (secondary N) is 1. The Morgan fingerprint density at radius 3 is 2.59 bits per heavy atom. The highest BCUT2D eigenvalue weighted by molar-refractivity contribution is 5.78. The summed E-state index contributed by atoms with van der Waals surface area (Å²) in [6.45, 7) is 9.69. The number of carbonyl (C=O) groups excluding carboxylic acids is 1. The second-order valence-electron chi connectivity index (χ2n) is 6.61. The summed E-state index contributed by atoms with van der Waals surface area (Å²) in [6.07, 6.45) is 4.91. The van der Waals surface area contributed by atoms with Gasteiger partial charge in [-0.05, 0) is 46.2 Å². The Morgan fingerprint density at radius 2 is 2.00 bits per heavy atom. The van der Waals surface area contributed by atoms with Crippen molar-refractivity contribution >= 4 is 5.91 Å². The fourth-order valence-corrected chi connectivity index (χ4v) is 2.76. The van der Waals surface area contributed by atoms with Crippen LogP contribution in [0.25, 0.3) is 0 Å². The van der Waals surface area contributed by atoms with Crippen molar-refractivity contribution < 1.29 is 14.6 Å².